The number of hydrogen-bond donors (Lipinski definition) is 1. The molecule has 10 heteroatoms. The number of hydrogen-bond acceptors (Lipinski definition) is 7. The lowest BCUT2D eigenvalue weighted by molar-refractivity contribution is 0.0949. The molecule has 1 N–H and O–H groups in total. The van der Waals surface area contributed by atoms with Gasteiger partial charge in [-0.15, -0.1) is 0 Å². The van der Waals surface area contributed by atoms with Crippen molar-refractivity contribution in [2.45, 2.75) is 49.0 Å². The van der Waals surface area contributed by atoms with Crippen LogP contribution >= 0.6 is 0 Å². The highest BCUT2D eigenvalue weighted by molar-refractivity contribution is 7.92. The van der Waals surface area contributed by atoms with E-state index in [2.05, 4.69) is 10.3 Å². The average molecular weight is 533 g/mol. The minimum Gasteiger partial charge on any atom is -0.375 e. The number of aromatic nitrogens is 3. The standard InChI is InChI=1S/C28H25FN4O4S/c1-16-14-37-15-21-22(29)9-19(10-27(21)38(16,35)36)28(34)31-13-20-11-26-18(12-30-20)7-8-25(33-26)24-4-2-3-23(32-24)17-5-6-17/h2-4,7-12,16-17H,5-6,13-15H2,1H3,(H,31,34)/t16-/m0/s1. The van der Waals surface area contributed by atoms with E-state index in [1.807, 2.05) is 30.3 Å². The molecule has 1 amide bonds. The summed E-state index contributed by atoms with van der Waals surface area (Å²) in [5.74, 6) is -0.852. The van der Waals surface area contributed by atoms with Crippen LogP contribution in [0.15, 0.2) is 59.6 Å². The number of nitrogens with one attached hydrogen (secondary N) is 1. The van der Waals surface area contributed by atoms with Gasteiger partial charge < -0.3 is 10.1 Å². The van der Waals surface area contributed by atoms with Gasteiger partial charge in [0.15, 0.2) is 9.84 Å². The monoisotopic (exact) mass is 532 g/mol. The smallest absolute Gasteiger partial charge is 0.251 e. The second kappa shape index (κ2) is 9.52. The maximum Gasteiger partial charge on any atom is 0.251 e. The molecule has 1 atom stereocenters. The van der Waals surface area contributed by atoms with Gasteiger partial charge in [-0.2, -0.15) is 0 Å². The molecule has 38 heavy (non-hydrogen) atoms. The zero-order valence-electron chi connectivity index (χ0n) is 20.6. The highest BCUT2D eigenvalue weighted by atomic mass is 32.2. The molecule has 6 rings (SSSR count). The van der Waals surface area contributed by atoms with E-state index in [4.69, 9.17) is 14.7 Å². The quantitative estimate of drug-likeness (QED) is 0.407. The second-order valence-corrected chi connectivity index (χ2v) is 12.1. The Morgan fingerprint density at radius 2 is 1.92 bits per heavy atom. The Morgan fingerprint density at radius 3 is 2.74 bits per heavy atom. The van der Waals surface area contributed by atoms with Gasteiger partial charge in [0.25, 0.3) is 5.91 Å². The molecule has 194 valence electrons. The maximum atomic E-state index is 14.8. The fraction of sp³-hybridized carbons (Fsp3) is 0.286. The third-order valence-electron chi connectivity index (χ3n) is 6.94. The SMILES string of the molecule is C[C@H]1COCc2c(F)cc(C(=O)NCc3cc4nc(-c5cccc(C6CC6)n5)ccc4cn3)cc2S1(=O)=O. The van der Waals surface area contributed by atoms with Crippen molar-refractivity contribution >= 4 is 26.6 Å². The zero-order chi connectivity index (χ0) is 26.4. The number of rotatable bonds is 5. The van der Waals surface area contributed by atoms with Gasteiger partial charge in [0.05, 0.1) is 52.5 Å². The molecule has 3 aromatic heterocycles. The second-order valence-electron chi connectivity index (χ2n) is 9.77. The van der Waals surface area contributed by atoms with Gasteiger partial charge >= 0.3 is 0 Å². The van der Waals surface area contributed by atoms with Gasteiger partial charge in [-0.1, -0.05) is 6.07 Å². The lowest BCUT2D eigenvalue weighted by Gasteiger charge is -2.12. The van der Waals surface area contributed by atoms with Crippen molar-refractivity contribution in [3.63, 3.8) is 0 Å². The van der Waals surface area contributed by atoms with E-state index in [0.29, 0.717) is 17.1 Å². The Balaban J connectivity index is 1.23. The molecule has 1 aromatic carbocycles. The number of amides is 1. The number of pyridine rings is 3. The summed E-state index contributed by atoms with van der Waals surface area (Å²) in [7, 11) is -3.83. The average Bonchev–Trinajstić information content (AvgIpc) is 3.78. The summed E-state index contributed by atoms with van der Waals surface area (Å²) < 4.78 is 45.8. The molecule has 1 aliphatic heterocycles. The van der Waals surface area contributed by atoms with Crippen LogP contribution in [0.3, 0.4) is 0 Å². The Kier molecular flexibility index (Phi) is 6.16. The summed E-state index contributed by atoms with van der Waals surface area (Å²) in [6, 6.07) is 13.9. The van der Waals surface area contributed by atoms with Crippen LogP contribution in [0.1, 0.15) is 53.0 Å². The molecule has 0 spiro atoms. The van der Waals surface area contributed by atoms with E-state index in [9.17, 15) is 17.6 Å². The molecule has 0 unspecified atom stereocenters. The number of ether oxygens (including phenoxy) is 1. The first-order chi connectivity index (χ1) is 18.3. The number of carbonyl (C=O) groups excluding carboxylic acids is 1. The fourth-order valence-electron chi connectivity index (χ4n) is 4.54. The molecule has 0 radical (unpaired) electrons. The van der Waals surface area contributed by atoms with E-state index >= 15 is 0 Å². The molecular formula is C28H25FN4O4S. The Morgan fingerprint density at radius 1 is 1.11 bits per heavy atom. The van der Waals surface area contributed by atoms with E-state index in [-0.39, 0.29) is 35.8 Å². The normalized spacial score (nSPS) is 18.5. The number of nitrogens with zero attached hydrogens (tertiary/aromatic N) is 3. The Labute approximate surface area is 219 Å². The topological polar surface area (TPSA) is 111 Å². The summed E-state index contributed by atoms with van der Waals surface area (Å²) >= 11 is 0. The van der Waals surface area contributed by atoms with E-state index in [1.54, 1.807) is 12.3 Å². The third-order valence-corrected chi connectivity index (χ3v) is 9.11. The fourth-order valence-corrected chi connectivity index (χ4v) is 6.04. The van der Waals surface area contributed by atoms with Crippen molar-refractivity contribution in [1.82, 2.24) is 20.3 Å². The first-order valence-corrected chi connectivity index (χ1v) is 14.0. The predicted molar refractivity (Wildman–Crippen MR) is 139 cm³/mol. The lowest BCUT2D eigenvalue weighted by atomic mass is 10.1. The zero-order valence-corrected chi connectivity index (χ0v) is 21.5. The summed E-state index contributed by atoms with van der Waals surface area (Å²) in [6.45, 7) is 1.35. The van der Waals surface area contributed by atoms with Crippen LogP contribution in [0.2, 0.25) is 0 Å². The minimum atomic E-state index is -3.83. The molecule has 1 fully saturated rings. The van der Waals surface area contributed by atoms with E-state index in [1.165, 1.54) is 25.8 Å². The summed E-state index contributed by atoms with van der Waals surface area (Å²) in [5, 5.41) is 2.71. The van der Waals surface area contributed by atoms with Crippen LogP contribution in [-0.2, 0) is 27.7 Å². The molecular weight excluding hydrogens is 507 g/mol. The van der Waals surface area contributed by atoms with Gasteiger partial charge in [-0.05, 0) is 62.2 Å². The number of sulfone groups is 1. The van der Waals surface area contributed by atoms with Gasteiger partial charge in [-0.25, -0.2) is 17.8 Å². The van der Waals surface area contributed by atoms with Crippen LogP contribution in [-0.4, -0.2) is 41.1 Å². The molecule has 4 heterocycles. The molecule has 0 saturated heterocycles. The van der Waals surface area contributed by atoms with Gasteiger partial charge in [0, 0.05) is 34.3 Å². The van der Waals surface area contributed by atoms with Crippen molar-refractivity contribution in [3.8, 4) is 11.4 Å². The van der Waals surface area contributed by atoms with Gasteiger partial charge in [-0.3, -0.25) is 14.8 Å². The highest BCUT2D eigenvalue weighted by Crippen LogP contribution is 2.39. The van der Waals surface area contributed by atoms with Crippen molar-refractivity contribution < 1.29 is 22.3 Å². The lowest BCUT2D eigenvalue weighted by Crippen LogP contribution is -2.25. The molecule has 8 nitrogen and oxygen atoms in total. The summed E-state index contributed by atoms with van der Waals surface area (Å²) in [5.41, 5.74) is 3.77. The maximum absolute atomic E-state index is 14.8. The number of fused-ring (bicyclic) bond motifs is 2. The van der Waals surface area contributed by atoms with E-state index in [0.717, 1.165) is 28.5 Å². The van der Waals surface area contributed by atoms with E-state index < -0.39 is 26.8 Å². The summed E-state index contributed by atoms with van der Waals surface area (Å²) in [6.07, 6.45) is 4.02. The predicted octanol–water partition coefficient (Wildman–Crippen LogP) is 4.33. The van der Waals surface area contributed by atoms with Gasteiger partial charge in [0.1, 0.15) is 5.82 Å². The highest BCUT2D eigenvalue weighted by Gasteiger charge is 2.32. The minimum absolute atomic E-state index is 0.0383. The Hall–Kier alpha value is -3.76. The first-order valence-electron chi connectivity index (χ1n) is 12.4. The van der Waals surface area contributed by atoms with Crippen LogP contribution in [0.5, 0.6) is 0 Å². The molecule has 0 bridgehead atoms. The van der Waals surface area contributed by atoms with Crippen molar-refractivity contribution in [2.24, 2.45) is 0 Å². The largest absolute Gasteiger partial charge is 0.375 e. The van der Waals surface area contributed by atoms with Gasteiger partial charge in [0.2, 0.25) is 0 Å². The van der Waals surface area contributed by atoms with Crippen molar-refractivity contribution in [3.05, 3.63) is 83.1 Å². The van der Waals surface area contributed by atoms with Crippen LogP contribution in [0.25, 0.3) is 22.3 Å². The molecule has 4 aromatic rings. The molecule has 1 saturated carbocycles. The first kappa shape index (κ1) is 24.6. The molecule has 2 aliphatic rings. The Bertz CT molecular complexity index is 1690. The van der Waals surface area contributed by atoms with Crippen LogP contribution in [0, 0.1) is 5.82 Å². The summed E-state index contributed by atoms with van der Waals surface area (Å²) in [4.78, 5) is 26.6. The third kappa shape index (κ3) is 4.65. The molecule has 1 aliphatic carbocycles. The van der Waals surface area contributed by atoms with Crippen molar-refractivity contribution in [1.29, 1.82) is 0 Å². The van der Waals surface area contributed by atoms with Crippen molar-refractivity contribution in [2.75, 3.05) is 6.61 Å². The number of carbonyl (C=O) groups is 1. The number of halogens is 1. The number of benzene rings is 1. The van der Waals surface area contributed by atoms with Crippen LogP contribution < -0.4 is 5.32 Å². The van der Waals surface area contributed by atoms with Crippen LogP contribution in [0.4, 0.5) is 4.39 Å².